The standard InChI is InChI=1S/C7H18NO2.HI/c1-8(2,4-6-9)5-7-10-3;/h9H,4-7H2,1-3H3;1H/q+1;. The lowest BCUT2D eigenvalue weighted by Crippen LogP contribution is -2.44. The molecule has 0 radical (unpaired) electrons. The fourth-order valence-corrected chi connectivity index (χ4v) is 0.721. The number of halogens is 1. The van der Waals surface area contributed by atoms with E-state index >= 15 is 0 Å². The van der Waals surface area contributed by atoms with Gasteiger partial charge in [-0.05, 0) is 0 Å². The molecule has 0 aromatic heterocycles. The zero-order valence-electron chi connectivity index (χ0n) is 7.54. The molecule has 0 aliphatic heterocycles. The summed E-state index contributed by atoms with van der Waals surface area (Å²) in [5.41, 5.74) is 0. The van der Waals surface area contributed by atoms with Crippen LogP contribution >= 0.6 is 24.0 Å². The summed E-state index contributed by atoms with van der Waals surface area (Å²) in [6, 6.07) is 0. The predicted molar refractivity (Wildman–Crippen MR) is 56.2 cm³/mol. The molecular weight excluding hydrogens is 257 g/mol. The van der Waals surface area contributed by atoms with E-state index in [1.807, 2.05) is 0 Å². The van der Waals surface area contributed by atoms with Gasteiger partial charge in [0.2, 0.25) is 0 Å². The highest BCUT2D eigenvalue weighted by molar-refractivity contribution is 14.0. The summed E-state index contributed by atoms with van der Waals surface area (Å²) < 4.78 is 5.75. The Bertz CT molecular complexity index is 88.5. The highest BCUT2D eigenvalue weighted by atomic mass is 127. The first-order valence-electron chi connectivity index (χ1n) is 3.54. The number of ether oxygens (including phenoxy) is 1. The van der Waals surface area contributed by atoms with E-state index in [2.05, 4.69) is 14.1 Å². The lowest BCUT2D eigenvalue weighted by atomic mass is 10.4. The molecule has 4 heteroatoms. The van der Waals surface area contributed by atoms with Gasteiger partial charge in [-0.15, -0.1) is 24.0 Å². The van der Waals surface area contributed by atoms with E-state index in [4.69, 9.17) is 9.84 Å². The third kappa shape index (κ3) is 8.52. The molecule has 0 bridgehead atoms. The van der Waals surface area contributed by atoms with Crippen LogP contribution < -0.4 is 0 Å². The van der Waals surface area contributed by atoms with Gasteiger partial charge in [0.05, 0.1) is 27.3 Å². The summed E-state index contributed by atoms with van der Waals surface area (Å²) in [5.74, 6) is 0. The molecule has 3 nitrogen and oxygen atoms in total. The minimum Gasteiger partial charge on any atom is -0.391 e. The van der Waals surface area contributed by atoms with Crippen LogP contribution in [-0.2, 0) is 4.74 Å². The second kappa shape index (κ2) is 7.27. The van der Waals surface area contributed by atoms with Crippen molar-refractivity contribution in [3.8, 4) is 0 Å². The van der Waals surface area contributed by atoms with Gasteiger partial charge in [0, 0.05) is 7.11 Å². The largest absolute Gasteiger partial charge is 0.391 e. The molecule has 0 spiro atoms. The lowest BCUT2D eigenvalue weighted by Gasteiger charge is -2.28. The lowest BCUT2D eigenvalue weighted by molar-refractivity contribution is -0.890. The van der Waals surface area contributed by atoms with Crippen LogP contribution in [0.15, 0.2) is 0 Å². The van der Waals surface area contributed by atoms with E-state index in [9.17, 15) is 0 Å². The van der Waals surface area contributed by atoms with Gasteiger partial charge < -0.3 is 14.3 Å². The zero-order chi connectivity index (χ0) is 8.04. The number of methoxy groups -OCH3 is 1. The molecule has 0 saturated carbocycles. The van der Waals surface area contributed by atoms with Crippen LogP contribution in [-0.4, -0.2) is 57.1 Å². The van der Waals surface area contributed by atoms with E-state index in [-0.39, 0.29) is 30.6 Å². The maximum Gasteiger partial charge on any atom is 0.102 e. The van der Waals surface area contributed by atoms with E-state index in [1.54, 1.807) is 7.11 Å². The number of rotatable bonds is 5. The Morgan fingerprint density at radius 3 is 2.18 bits per heavy atom. The van der Waals surface area contributed by atoms with Crippen molar-refractivity contribution in [2.24, 2.45) is 0 Å². The van der Waals surface area contributed by atoms with Crippen molar-refractivity contribution in [1.82, 2.24) is 0 Å². The van der Waals surface area contributed by atoms with Crippen molar-refractivity contribution in [3.05, 3.63) is 0 Å². The molecule has 0 unspecified atom stereocenters. The second-order valence-electron chi connectivity index (χ2n) is 3.10. The van der Waals surface area contributed by atoms with Crippen LogP contribution in [0.2, 0.25) is 0 Å². The molecule has 0 atom stereocenters. The number of quaternary nitrogens is 1. The van der Waals surface area contributed by atoms with Gasteiger partial charge in [0.15, 0.2) is 0 Å². The zero-order valence-corrected chi connectivity index (χ0v) is 9.87. The first kappa shape index (κ1) is 14.2. The van der Waals surface area contributed by atoms with Crippen LogP contribution in [0.3, 0.4) is 0 Å². The van der Waals surface area contributed by atoms with E-state index in [0.29, 0.717) is 0 Å². The number of aliphatic hydroxyl groups excluding tert-OH is 1. The van der Waals surface area contributed by atoms with Crippen molar-refractivity contribution in [1.29, 1.82) is 0 Å². The van der Waals surface area contributed by atoms with E-state index in [1.165, 1.54) is 0 Å². The molecular formula is C7H19INO2+. The molecule has 11 heavy (non-hydrogen) atoms. The third-order valence-corrected chi connectivity index (χ3v) is 1.61. The fraction of sp³-hybridized carbons (Fsp3) is 1.00. The molecule has 0 aliphatic carbocycles. The van der Waals surface area contributed by atoms with E-state index in [0.717, 1.165) is 24.2 Å². The maximum absolute atomic E-state index is 8.64. The molecule has 0 amide bonds. The fourth-order valence-electron chi connectivity index (χ4n) is 0.721. The van der Waals surface area contributed by atoms with Gasteiger partial charge in [-0.1, -0.05) is 0 Å². The number of likely N-dealkylation sites (N-methyl/N-ethyl adjacent to an activating group) is 1. The number of hydrogen-bond acceptors (Lipinski definition) is 2. The first-order valence-corrected chi connectivity index (χ1v) is 3.54. The molecule has 0 fully saturated rings. The van der Waals surface area contributed by atoms with Crippen LogP contribution in [0.4, 0.5) is 0 Å². The summed E-state index contributed by atoms with van der Waals surface area (Å²) in [5, 5.41) is 8.64. The molecule has 0 aromatic carbocycles. The normalized spacial score (nSPS) is 10.9. The van der Waals surface area contributed by atoms with Gasteiger partial charge in [-0.25, -0.2) is 0 Å². The quantitative estimate of drug-likeness (QED) is 0.579. The topological polar surface area (TPSA) is 29.5 Å². The van der Waals surface area contributed by atoms with Crippen LogP contribution in [0.5, 0.6) is 0 Å². The van der Waals surface area contributed by atoms with Crippen molar-refractivity contribution in [2.75, 3.05) is 47.5 Å². The van der Waals surface area contributed by atoms with Crippen LogP contribution in [0.25, 0.3) is 0 Å². The second-order valence-corrected chi connectivity index (χ2v) is 3.10. The Morgan fingerprint density at radius 1 is 1.27 bits per heavy atom. The number of aliphatic hydroxyl groups is 1. The molecule has 0 aliphatic rings. The van der Waals surface area contributed by atoms with Crippen LogP contribution in [0, 0.1) is 0 Å². The molecule has 0 saturated heterocycles. The Hall–Kier alpha value is 0.610. The Balaban J connectivity index is 0. The molecule has 70 valence electrons. The summed E-state index contributed by atoms with van der Waals surface area (Å²) >= 11 is 0. The average molecular weight is 276 g/mol. The predicted octanol–water partition coefficient (Wildman–Crippen LogP) is 0.319. The summed E-state index contributed by atoms with van der Waals surface area (Å²) in [6.07, 6.45) is 0. The third-order valence-electron chi connectivity index (χ3n) is 1.61. The van der Waals surface area contributed by atoms with Gasteiger partial charge in [-0.2, -0.15) is 0 Å². The molecule has 0 aromatic rings. The first-order chi connectivity index (χ1) is 4.62. The van der Waals surface area contributed by atoms with Crippen molar-refractivity contribution < 1.29 is 14.3 Å². The molecule has 0 heterocycles. The Morgan fingerprint density at radius 2 is 1.82 bits per heavy atom. The van der Waals surface area contributed by atoms with Crippen molar-refractivity contribution in [3.63, 3.8) is 0 Å². The summed E-state index contributed by atoms with van der Waals surface area (Å²) in [7, 11) is 5.85. The van der Waals surface area contributed by atoms with Gasteiger partial charge >= 0.3 is 0 Å². The Labute approximate surface area is 86.0 Å². The molecule has 1 N–H and O–H groups in total. The number of hydrogen-bond donors (Lipinski definition) is 1. The molecule has 0 rings (SSSR count). The van der Waals surface area contributed by atoms with Gasteiger partial charge in [0.1, 0.15) is 13.1 Å². The highest BCUT2D eigenvalue weighted by Gasteiger charge is 2.12. The Kier molecular flexibility index (Phi) is 9.35. The van der Waals surface area contributed by atoms with Crippen molar-refractivity contribution in [2.45, 2.75) is 0 Å². The van der Waals surface area contributed by atoms with Gasteiger partial charge in [-0.3, -0.25) is 0 Å². The minimum atomic E-state index is 0. The van der Waals surface area contributed by atoms with E-state index < -0.39 is 0 Å². The SMILES string of the molecule is COCC[N+](C)(C)CCO.I. The maximum atomic E-state index is 8.64. The number of nitrogens with zero attached hydrogens (tertiary/aromatic N) is 1. The summed E-state index contributed by atoms with van der Waals surface area (Å²) in [6.45, 7) is 2.75. The minimum absolute atomic E-state index is 0. The van der Waals surface area contributed by atoms with Crippen molar-refractivity contribution >= 4 is 24.0 Å². The average Bonchev–Trinajstić information content (AvgIpc) is 1.84. The monoisotopic (exact) mass is 276 g/mol. The highest BCUT2D eigenvalue weighted by Crippen LogP contribution is 1.94. The summed E-state index contributed by atoms with van der Waals surface area (Å²) in [4.78, 5) is 0. The smallest absolute Gasteiger partial charge is 0.102 e. The van der Waals surface area contributed by atoms with Crippen LogP contribution in [0.1, 0.15) is 0 Å². The van der Waals surface area contributed by atoms with Gasteiger partial charge in [0.25, 0.3) is 0 Å².